The predicted octanol–water partition coefficient (Wildman–Crippen LogP) is 7.44. The SMILES string of the molecule is CCCCN(Cc1cc(C)ccc1O)Cc1c(-c2ccccc2)nc(-c2ccccc2)n1CCC. The summed E-state index contributed by atoms with van der Waals surface area (Å²) in [4.78, 5) is 7.69. The largest absolute Gasteiger partial charge is 0.508 e. The molecular weight excluding hydrogens is 430 g/mol. The number of nitrogens with zero attached hydrogens (tertiary/aromatic N) is 3. The third-order valence-corrected chi connectivity index (χ3v) is 6.43. The van der Waals surface area contributed by atoms with Crippen molar-refractivity contribution in [3.8, 4) is 28.4 Å². The lowest BCUT2D eigenvalue weighted by Gasteiger charge is -2.24. The predicted molar refractivity (Wildman–Crippen MR) is 145 cm³/mol. The standard InChI is InChI=1S/C31H37N3O/c1-4-6-20-33(22-27-21-24(3)17-18-29(27)35)23-28-30(25-13-9-7-10-14-25)32-31(34(28)19-5-2)26-15-11-8-12-16-26/h7-18,21,35H,4-6,19-20,22-23H2,1-3H3. The molecule has 35 heavy (non-hydrogen) atoms. The van der Waals surface area contributed by atoms with Crippen LogP contribution in [-0.4, -0.2) is 26.1 Å². The van der Waals surface area contributed by atoms with E-state index in [-0.39, 0.29) is 0 Å². The van der Waals surface area contributed by atoms with Gasteiger partial charge < -0.3 is 9.67 Å². The summed E-state index contributed by atoms with van der Waals surface area (Å²) >= 11 is 0. The summed E-state index contributed by atoms with van der Waals surface area (Å²) < 4.78 is 2.41. The molecule has 1 heterocycles. The number of imidazole rings is 1. The molecule has 4 nitrogen and oxygen atoms in total. The number of hydrogen-bond acceptors (Lipinski definition) is 3. The Kier molecular flexibility index (Phi) is 8.38. The van der Waals surface area contributed by atoms with E-state index in [4.69, 9.17) is 4.98 Å². The van der Waals surface area contributed by atoms with E-state index in [1.165, 1.54) is 11.3 Å². The van der Waals surface area contributed by atoms with Gasteiger partial charge in [-0.2, -0.15) is 0 Å². The highest BCUT2D eigenvalue weighted by Crippen LogP contribution is 2.31. The minimum atomic E-state index is 0.368. The van der Waals surface area contributed by atoms with Gasteiger partial charge in [-0.05, 0) is 32.4 Å². The highest BCUT2D eigenvalue weighted by molar-refractivity contribution is 5.68. The van der Waals surface area contributed by atoms with Gasteiger partial charge in [-0.15, -0.1) is 0 Å². The number of unbranched alkanes of at least 4 members (excludes halogenated alkanes) is 1. The van der Waals surface area contributed by atoms with Gasteiger partial charge >= 0.3 is 0 Å². The van der Waals surface area contributed by atoms with Crippen LogP contribution in [0.4, 0.5) is 0 Å². The smallest absolute Gasteiger partial charge is 0.140 e. The van der Waals surface area contributed by atoms with Crippen LogP contribution in [0.5, 0.6) is 5.75 Å². The first-order chi connectivity index (χ1) is 17.1. The van der Waals surface area contributed by atoms with Crippen molar-refractivity contribution < 1.29 is 5.11 Å². The summed E-state index contributed by atoms with van der Waals surface area (Å²) in [5, 5.41) is 10.6. The summed E-state index contributed by atoms with van der Waals surface area (Å²) in [7, 11) is 0. The Morgan fingerprint density at radius 1 is 0.829 bits per heavy atom. The van der Waals surface area contributed by atoms with Crippen LogP contribution in [0.25, 0.3) is 22.6 Å². The topological polar surface area (TPSA) is 41.3 Å². The van der Waals surface area contributed by atoms with Crippen LogP contribution in [0.3, 0.4) is 0 Å². The van der Waals surface area contributed by atoms with E-state index in [2.05, 4.69) is 97.0 Å². The number of phenols is 1. The molecular formula is C31H37N3O. The zero-order valence-electron chi connectivity index (χ0n) is 21.2. The number of aromatic nitrogens is 2. The van der Waals surface area contributed by atoms with Crippen LogP contribution in [0.2, 0.25) is 0 Å². The van der Waals surface area contributed by atoms with Crippen LogP contribution in [-0.2, 0) is 19.6 Å². The molecule has 0 saturated carbocycles. The number of aromatic hydroxyl groups is 1. The Morgan fingerprint density at radius 2 is 1.51 bits per heavy atom. The summed E-state index contributed by atoms with van der Waals surface area (Å²) in [6, 6.07) is 26.9. The lowest BCUT2D eigenvalue weighted by Crippen LogP contribution is -2.26. The molecule has 0 bridgehead atoms. The van der Waals surface area contributed by atoms with Gasteiger partial charge in [0.25, 0.3) is 0 Å². The number of hydrogen-bond donors (Lipinski definition) is 1. The minimum absolute atomic E-state index is 0.368. The van der Waals surface area contributed by atoms with Crippen molar-refractivity contribution in [2.24, 2.45) is 0 Å². The molecule has 0 aliphatic rings. The number of rotatable bonds is 11. The first-order valence-corrected chi connectivity index (χ1v) is 12.8. The van der Waals surface area contributed by atoms with Crippen LogP contribution >= 0.6 is 0 Å². The van der Waals surface area contributed by atoms with Gasteiger partial charge in [-0.1, -0.05) is 98.6 Å². The second-order valence-corrected chi connectivity index (χ2v) is 9.31. The Morgan fingerprint density at radius 3 is 2.17 bits per heavy atom. The molecule has 0 spiro atoms. The monoisotopic (exact) mass is 467 g/mol. The molecule has 182 valence electrons. The first-order valence-electron chi connectivity index (χ1n) is 12.8. The van der Waals surface area contributed by atoms with Crippen molar-refractivity contribution in [3.05, 3.63) is 95.7 Å². The molecule has 1 aromatic heterocycles. The maximum Gasteiger partial charge on any atom is 0.140 e. The zero-order chi connectivity index (χ0) is 24.6. The lowest BCUT2D eigenvalue weighted by atomic mass is 10.1. The normalized spacial score (nSPS) is 11.3. The molecule has 4 rings (SSSR count). The van der Waals surface area contributed by atoms with Crippen LogP contribution in [0.1, 0.15) is 49.9 Å². The van der Waals surface area contributed by atoms with E-state index in [0.717, 1.165) is 67.1 Å². The van der Waals surface area contributed by atoms with Gasteiger partial charge in [0.05, 0.1) is 11.4 Å². The average Bonchev–Trinajstić information content (AvgIpc) is 3.24. The fourth-order valence-corrected chi connectivity index (χ4v) is 4.64. The quantitative estimate of drug-likeness (QED) is 0.249. The van der Waals surface area contributed by atoms with Gasteiger partial charge in [0, 0.05) is 36.3 Å². The molecule has 4 heteroatoms. The third-order valence-electron chi connectivity index (χ3n) is 6.43. The number of benzene rings is 3. The van der Waals surface area contributed by atoms with E-state index >= 15 is 0 Å². The Hall–Kier alpha value is -3.37. The van der Waals surface area contributed by atoms with E-state index in [1.54, 1.807) is 0 Å². The molecule has 0 saturated heterocycles. The van der Waals surface area contributed by atoms with Crippen molar-refractivity contribution >= 4 is 0 Å². The second-order valence-electron chi connectivity index (χ2n) is 9.31. The molecule has 0 atom stereocenters. The van der Waals surface area contributed by atoms with Crippen molar-refractivity contribution in [1.29, 1.82) is 0 Å². The van der Waals surface area contributed by atoms with Crippen LogP contribution in [0.15, 0.2) is 78.9 Å². The van der Waals surface area contributed by atoms with Crippen molar-refractivity contribution in [3.63, 3.8) is 0 Å². The summed E-state index contributed by atoms with van der Waals surface area (Å²) in [6.45, 7) is 9.90. The highest BCUT2D eigenvalue weighted by Gasteiger charge is 2.22. The summed E-state index contributed by atoms with van der Waals surface area (Å²) in [5.74, 6) is 1.39. The third kappa shape index (κ3) is 6.01. The zero-order valence-corrected chi connectivity index (χ0v) is 21.2. The van der Waals surface area contributed by atoms with E-state index in [1.807, 2.05) is 12.1 Å². The fraction of sp³-hybridized carbons (Fsp3) is 0.323. The van der Waals surface area contributed by atoms with Crippen molar-refractivity contribution in [2.45, 2.75) is 59.7 Å². The van der Waals surface area contributed by atoms with E-state index < -0.39 is 0 Å². The Labute approximate surface area is 209 Å². The van der Waals surface area contributed by atoms with E-state index in [9.17, 15) is 5.11 Å². The maximum absolute atomic E-state index is 10.6. The molecule has 0 aliphatic heterocycles. The first kappa shape index (κ1) is 24.7. The average molecular weight is 468 g/mol. The van der Waals surface area contributed by atoms with E-state index in [0.29, 0.717) is 12.3 Å². The van der Waals surface area contributed by atoms with Crippen LogP contribution in [0, 0.1) is 6.92 Å². The summed E-state index contributed by atoms with van der Waals surface area (Å²) in [5.41, 5.74) is 6.71. The van der Waals surface area contributed by atoms with Gasteiger partial charge in [-0.3, -0.25) is 4.90 Å². The number of phenolic OH excluding ortho intramolecular Hbond substituents is 1. The minimum Gasteiger partial charge on any atom is -0.508 e. The Balaban J connectivity index is 1.80. The van der Waals surface area contributed by atoms with Crippen molar-refractivity contribution in [2.75, 3.05) is 6.54 Å². The van der Waals surface area contributed by atoms with Crippen LogP contribution < -0.4 is 0 Å². The van der Waals surface area contributed by atoms with Gasteiger partial charge in [0.2, 0.25) is 0 Å². The molecule has 3 aromatic carbocycles. The lowest BCUT2D eigenvalue weighted by molar-refractivity contribution is 0.243. The molecule has 0 aliphatic carbocycles. The Bertz CT molecular complexity index is 1210. The van der Waals surface area contributed by atoms with Gasteiger partial charge in [0.1, 0.15) is 11.6 Å². The molecule has 0 fully saturated rings. The second kappa shape index (κ2) is 11.9. The fourth-order valence-electron chi connectivity index (χ4n) is 4.64. The number of aryl methyl sites for hydroxylation is 1. The maximum atomic E-state index is 10.6. The molecule has 0 radical (unpaired) electrons. The molecule has 4 aromatic rings. The summed E-state index contributed by atoms with van der Waals surface area (Å²) in [6.07, 6.45) is 3.27. The molecule has 0 amide bonds. The molecule has 1 N–H and O–H groups in total. The highest BCUT2D eigenvalue weighted by atomic mass is 16.3. The van der Waals surface area contributed by atoms with Crippen molar-refractivity contribution in [1.82, 2.24) is 14.5 Å². The van der Waals surface area contributed by atoms with Gasteiger partial charge in [0.15, 0.2) is 0 Å². The van der Waals surface area contributed by atoms with Gasteiger partial charge in [-0.25, -0.2) is 4.98 Å². The molecule has 0 unspecified atom stereocenters.